The van der Waals surface area contributed by atoms with Crippen LogP contribution in [-0.4, -0.2) is 26.2 Å². The predicted molar refractivity (Wildman–Crippen MR) is 332 cm³/mol. The van der Waals surface area contributed by atoms with Crippen molar-refractivity contribution in [1.29, 1.82) is 0 Å². The van der Waals surface area contributed by atoms with Crippen molar-refractivity contribution in [3.8, 4) is 11.1 Å². The molecule has 0 bridgehead atoms. The van der Waals surface area contributed by atoms with Gasteiger partial charge in [-0.2, -0.15) is 0 Å². The van der Waals surface area contributed by atoms with Gasteiger partial charge in [0.05, 0.1) is 0 Å². The smallest absolute Gasteiger partial charge is 0.362 e. The Bertz CT molecular complexity index is 1560. The van der Waals surface area contributed by atoms with Crippen molar-refractivity contribution in [3.05, 3.63) is 342 Å². The fourth-order valence-electron chi connectivity index (χ4n) is 7.07. The first-order valence-corrected chi connectivity index (χ1v) is 27.4. The number of halogens is 4. The Morgan fingerprint density at radius 1 is 0.257 bits per heavy atom. The fourth-order valence-corrected chi connectivity index (χ4v) is 10.2. The van der Waals surface area contributed by atoms with E-state index in [1.165, 1.54) is 60.5 Å². The van der Waals surface area contributed by atoms with Crippen LogP contribution in [0.3, 0.4) is 0 Å². The van der Waals surface area contributed by atoms with E-state index in [4.69, 9.17) is 0 Å². The minimum Gasteiger partial charge on any atom is -0.362 e. The van der Waals surface area contributed by atoms with Crippen LogP contribution < -0.4 is 9.80 Å². The summed E-state index contributed by atoms with van der Waals surface area (Å²) in [6.45, 7) is 3.37. The monoisotopic (exact) mass is 1580 g/mol. The van der Waals surface area contributed by atoms with Gasteiger partial charge in [-0.15, -0.1) is 0 Å². The molecule has 8 aliphatic rings. The number of allylic oxidation sites excluding steroid dienone is 4. The van der Waals surface area contributed by atoms with Crippen LogP contribution in [0.1, 0.15) is 0 Å². The topological polar surface area (TPSA) is 6.48 Å². The third-order valence-electron chi connectivity index (χ3n) is 10.4. The van der Waals surface area contributed by atoms with Crippen molar-refractivity contribution in [2.45, 2.75) is 0 Å². The largest absolute Gasteiger partial charge is 2.00 e. The third-order valence-corrected chi connectivity index (χ3v) is 13.0. The zero-order valence-corrected chi connectivity index (χ0v) is 53.4. The number of rotatable bonds is 15. The van der Waals surface area contributed by atoms with Gasteiger partial charge in [-0.25, -0.2) is 0 Å². The summed E-state index contributed by atoms with van der Waals surface area (Å²) < 4.78 is 5.20. The molecule has 0 saturated heterocycles. The molecule has 0 spiro atoms. The SMILES string of the molecule is I/C(=C\[C]1[CH][CH][CH][CH]1)CN(C/C(I)=C/[C]1[CH][CH][CH][CH]1)c1ccc(-c2ccc(N(C/C(I)=C/[C]3[CH][CH][CH][CH]3)C/C(I)=C/[C]3[CH][CH][CH][CH]3)cc2)cc1.[CH]1[CH][CH][CH][CH]1.[CH]1[CH][CH][CH][CH]1.[CH]1[CH][CH][CH][CH]1.[CH]1[CH][CH][CH][CH]1.[Fe+2].[Fe+2].[Fe+2].[Fe+2]. The summed E-state index contributed by atoms with van der Waals surface area (Å²) in [6, 6.07) is 18.1. The average Bonchev–Trinajstić information content (AvgIpc) is 4.21. The summed E-state index contributed by atoms with van der Waals surface area (Å²) in [5.74, 6) is 4.98. The van der Waals surface area contributed by atoms with Crippen LogP contribution in [0.2, 0.25) is 0 Å². The van der Waals surface area contributed by atoms with Gasteiger partial charge >= 0.3 is 68.3 Å². The van der Waals surface area contributed by atoms with Gasteiger partial charge in [0, 0.05) is 75.5 Å². The van der Waals surface area contributed by atoms with Gasteiger partial charge in [0.1, 0.15) is 0 Å². The normalized spacial score (nSPS) is 20.5. The van der Waals surface area contributed by atoms with Gasteiger partial charge in [0.15, 0.2) is 0 Å². The molecule has 74 heavy (non-hydrogen) atoms. The molecule has 8 saturated carbocycles. The molecule has 2 aromatic rings. The number of anilines is 2. The number of hydrogen-bond donors (Lipinski definition) is 0. The first kappa shape index (κ1) is 72.1. The number of benzene rings is 2. The summed E-state index contributed by atoms with van der Waals surface area (Å²) in [4.78, 5) is 4.92. The van der Waals surface area contributed by atoms with Crippen LogP contribution in [0.5, 0.6) is 0 Å². The molecule has 0 aromatic heterocycles. The van der Waals surface area contributed by atoms with Crippen molar-refractivity contribution in [3.63, 3.8) is 0 Å². The van der Waals surface area contributed by atoms with E-state index >= 15 is 0 Å². The van der Waals surface area contributed by atoms with Gasteiger partial charge in [0.25, 0.3) is 0 Å². The van der Waals surface area contributed by atoms with Crippen LogP contribution in [0.4, 0.5) is 11.4 Å². The molecule has 8 aliphatic carbocycles. The van der Waals surface area contributed by atoms with Crippen LogP contribution in [-0.2, 0) is 68.3 Å². The van der Waals surface area contributed by atoms with E-state index in [2.05, 4.69) is 276 Å². The molecule has 374 valence electrons. The quantitative estimate of drug-likeness (QED) is 0.130. The maximum atomic E-state index is 2.49. The Kier molecular flexibility index (Phi) is 43.4. The number of nitrogens with zero attached hydrogens (tertiary/aromatic N) is 2. The van der Waals surface area contributed by atoms with Gasteiger partial charge < -0.3 is 9.80 Å². The van der Waals surface area contributed by atoms with E-state index in [9.17, 15) is 0 Å². The molecule has 0 atom stereocenters. The Balaban J connectivity index is 0.000000645. The third kappa shape index (κ3) is 30.3. The first-order chi connectivity index (χ1) is 34.4. The van der Waals surface area contributed by atoms with Crippen molar-refractivity contribution in [1.82, 2.24) is 0 Å². The predicted octanol–water partition coefficient (Wildman–Crippen LogP) is 15.9. The standard InChI is InChI=1S/C44H36I4N2.4C5H5.4Fe/c45-39(25-33-9-1-2-10-33)29-49(30-40(46)26-34-11-3-4-12-34)43-21-17-37(18-22-43)38-19-23-44(24-20-38)50(31-41(47)27-35-13-5-6-14-35)32-42(48)28-36-15-7-8-16-36;4*1-2-4-5-3-1;;;;/h1-28H,29-32H2;4*1-5H;;;;/q;;;;;4*+2/b39-25-,40-26-,41-27-,42-28-;;;;;;;;. The molecule has 2 aromatic carbocycles. The van der Waals surface area contributed by atoms with Crippen LogP contribution in [0.15, 0.2) is 87.2 Å². The van der Waals surface area contributed by atoms with E-state index in [1.807, 2.05) is 128 Å². The molecule has 10 rings (SSSR count). The zero-order valence-electron chi connectivity index (χ0n) is 40.4. The van der Waals surface area contributed by atoms with Crippen molar-refractivity contribution in [2.24, 2.45) is 0 Å². The zero-order chi connectivity index (χ0) is 48.9. The van der Waals surface area contributed by atoms with Gasteiger partial charge in [0.2, 0.25) is 0 Å². The van der Waals surface area contributed by atoms with E-state index in [1.54, 1.807) is 0 Å². The summed E-state index contributed by atoms with van der Waals surface area (Å²) in [6.07, 6.45) is 83.1. The van der Waals surface area contributed by atoms with Crippen molar-refractivity contribution >= 4 is 102 Å². The average molecular weight is 1580 g/mol. The molecule has 0 aliphatic heterocycles. The van der Waals surface area contributed by atoms with E-state index in [0.717, 1.165) is 26.2 Å². The molecule has 40 radical (unpaired) electrons. The molecule has 8 fully saturated rings. The Labute approximate surface area is 552 Å². The minimum absolute atomic E-state index is 0. The summed E-state index contributed by atoms with van der Waals surface area (Å²) in [7, 11) is 0. The molecular formula is C64H56Fe4I4N2+8. The van der Waals surface area contributed by atoms with E-state index in [-0.39, 0.29) is 68.3 Å². The molecule has 10 heteroatoms. The maximum Gasteiger partial charge on any atom is 2.00 e. The van der Waals surface area contributed by atoms with Crippen molar-refractivity contribution in [2.75, 3.05) is 36.0 Å². The maximum absolute atomic E-state index is 2.49. The van der Waals surface area contributed by atoms with Crippen LogP contribution >= 0.6 is 90.4 Å². The van der Waals surface area contributed by atoms with Gasteiger partial charge in [-0.1, -0.05) is 48.6 Å². The van der Waals surface area contributed by atoms with Crippen molar-refractivity contribution < 1.29 is 68.3 Å². The number of hydrogen-bond acceptors (Lipinski definition) is 2. The van der Waals surface area contributed by atoms with E-state index in [0.29, 0.717) is 0 Å². The van der Waals surface area contributed by atoms with E-state index < -0.39 is 0 Å². The summed E-state index contributed by atoms with van der Waals surface area (Å²) >= 11 is 9.95. The Hall–Kier alpha value is 2.00. The molecule has 0 unspecified atom stereocenters. The molecule has 2 nitrogen and oxygen atoms in total. The van der Waals surface area contributed by atoms with Gasteiger partial charge in [-0.05, 0) is 357 Å². The van der Waals surface area contributed by atoms with Gasteiger partial charge in [-0.3, -0.25) is 0 Å². The molecule has 0 heterocycles. The second kappa shape index (κ2) is 44.6. The fraction of sp³-hybridized carbons (Fsp3) is 0.0625. The summed E-state index contributed by atoms with van der Waals surface area (Å²) in [5, 5.41) is 0. The summed E-state index contributed by atoms with van der Waals surface area (Å²) in [5.41, 5.74) is 4.85. The molecular weight excluding hydrogens is 1530 g/mol. The minimum atomic E-state index is 0. The second-order valence-electron chi connectivity index (χ2n) is 15.9. The Morgan fingerprint density at radius 3 is 0.581 bits per heavy atom. The van der Waals surface area contributed by atoms with Crippen LogP contribution in [0.25, 0.3) is 11.1 Å². The van der Waals surface area contributed by atoms with Crippen LogP contribution in [0, 0.1) is 255 Å². The Morgan fingerprint density at radius 2 is 0.419 bits per heavy atom. The molecule has 0 amide bonds. The first-order valence-electron chi connectivity index (χ1n) is 23.1. The second-order valence-corrected chi connectivity index (χ2v) is 21.4. The molecule has 0 N–H and O–H groups in total.